The van der Waals surface area contributed by atoms with Crippen molar-refractivity contribution in [2.45, 2.75) is 26.3 Å². The average Bonchev–Trinajstić information content (AvgIpc) is 2.53. The van der Waals surface area contributed by atoms with Crippen LogP contribution in [-0.4, -0.2) is 6.54 Å². The highest BCUT2D eigenvalue weighted by Gasteiger charge is 2.18. The molecule has 0 aliphatic carbocycles. The van der Waals surface area contributed by atoms with Gasteiger partial charge in [0, 0.05) is 10.9 Å². The van der Waals surface area contributed by atoms with E-state index in [1.54, 1.807) is 11.3 Å². The van der Waals surface area contributed by atoms with Gasteiger partial charge in [-0.05, 0) is 36.4 Å². The van der Waals surface area contributed by atoms with Crippen molar-refractivity contribution in [3.63, 3.8) is 0 Å². The van der Waals surface area contributed by atoms with E-state index in [4.69, 9.17) is 11.5 Å². The second-order valence-electron chi connectivity index (χ2n) is 3.40. The van der Waals surface area contributed by atoms with Crippen molar-refractivity contribution < 1.29 is 0 Å². The second-order valence-corrected chi connectivity index (χ2v) is 4.35. The van der Waals surface area contributed by atoms with Gasteiger partial charge in [0.05, 0.1) is 0 Å². The maximum absolute atomic E-state index is 6.14. The predicted octanol–water partition coefficient (Wildman–Crippen LogP) is 2.04. The molecule has 1 aromatic heterocycles. The van der Waals surface area contributed by atoms with Crippen molar-refractivity contribution in [2.75, 3.05) is 6.54 Å². The SMILES string of the molecule is CCC(CN)C(N)c1sccc1C. The topological polar surface area (TPSA) is 52.0 Å². The van der Waals surface area contributed by atoms with Crippen LogP contribution in [0.3, 0.4) is 0 Å². The van der Waals surface area contributed by atoms with E-state index in [1.807, 2.05) is 0 Å². The first-order valence-electron chi connectivity index (χ1n) is 4.70. The molecule has 74 valence electrons. The smallest absolute Gasteiger partial charge is 0.0433 e. The molecule has 1 aromatic rings. The van der Waals surface area contributed by atoms with Crippen LogP contribution in [0.25, 0.3) is 0 Å². The molecule has 1 rings (SSSR count). The minimum Gasteiger partial charge on any atom is -0.330 e. The number of hydrogen-bond donors (Lipinski definition) is 2. The van der Waals surface area contributed by atoms with Crippen LogP contribution in [0.1, 0.15) is 29.8 Å². The van der Waals surface area contributed by atoms with E-state index < -0.39 is 0 Å². The molecule has 2 unspecified atom stereocenters. The highest BCUT2D eigenvalue weighted by Crippen LogP contribution is 2.28. The van der Waals surface area contributed by atoms with Gasteiger partial charge in [-0.25, -0.2) is 0 Å². The molecule has 0 aliphatic rings. The molecule has 4 N–H and O–H groups in total. The van der Waals surface area contributed by atoms with Crippen molar-refractivity contribution in [2.24, 2.45) is 17.4 Å². The Morgan fingerprint density at radius 3 is 2.62 bits per heavy atom. The monoisotopic (exact) mass is 198 g/mol. The third-order valence-electron chi connectivity index (χ3n) is 2.54. The van der Waals surface area contributed by atoms with Crippen LogP contribution in [0.4, 0.5) is 0 Å². The summed E-state index contributed by atoms with van der Waals surface area (Å²) in [4.78, 5) is 1.29. The van der Waals surface area contributed by atoms with E-state index in [0.29, 0.717) is 12.5 Å². The molecule has 1 heterocycles. The van der Waals surface area contributed by atoms with Crippen molar-refractivity contribution >= 4 is 11.3 Å². The maximum atomic E-state index is 6.14. The fraction of sp³-hybridized carbons (Fsp3) is 0.600. The van der Waals surface area contributed by atoms with E-state index in [1.165, 1.54) is 10.4 Å². The molecular formula is C10H18N2S. The summed E-state index contributed by atoms with van der Waals surface area (Å²) in [6.07, 6.45) is 1.05. The van der Waals surface area contributed by atoms with Gasteiger partial charge in [0.25, 0.3) is 0 Å². The largest absolute Gasteiger partial charge is 0.330 e. The number of aryl methyl sites for hydroxylation is 1. The molecule has 3 heteroatoms. The predicted molar refractivity (Wildman–Crippen MR) is 58.8 cm³/mol. The Bertz CT molecular complexity index is 253. The van der Waals surface area contributed by atoms with Crippen LogP contribution in [0.5, 0.6) is 0 Å². The Balaban J connectivity index is 2.77. The van der Waals surface area contributed by atoms with Crippen LogP contribution < -0.4 is 11.5 Å². The van der Waals surface area contributed by atoms with Crippen LogP contribution >= 0.6 is 11.3 Å². The lowest BCUT2D eigenvalue weighted by Crippen LogP contribution is -2.27. The van der Waals surface area contributed by atoms with Crippen LogP contribution in [0, 0.1) is 12.8 Å². The first kappa shape index (κ1) is 10.7. The Kier molecular flexibility index (Phi) is 3.90. The minimum absolute atomic E-state index is 0.120. The molecule has 0 amide bonds. The Labute approximate surface area is 83.9 Å². The Morgan fingerprint density at radius 1 is 1.54 bits per heavy atom. The van der Waals surface area contributed by atoms with Gasteiger partial charge in [0.15, 0.2) is 0 Å². The minimum atomic E-state index is 0.120. The van der Waals surface area contributed by atoms with Crippen molar-refractivity contribution in [1.29, 1.82) is 0 Å². The highest BCUT2D eigenvalue weighted by atomic mass is 32.1. The summed E-state index contributed by atoms with van der Waals surface area (Å²) in [6, 6.07) is 2.23. The third kappa shape index (κ3) is 2.30. The Hall–Kier alpha value is -0.380. The summed E-state index contributed by atoms with van der Waals surface area (Å²) < 4.78 is 0. The van der Waals surface area contributed by atoms with E-state index >= 15 is 0 Å². The van der Waals surface area contributed by atoms with E-state index in [0.717, 1.165) is 6.42 Å². The van der Waals surface area contributed by atoms with Crippen molar-refractivity contribution in [3.8, 4) is 0 Å². The Morgan fingerprint density at radius 2 is 2.23 bits per heavy atom. The summed E-state index contributed by atoms with van der Waals surface area (Å²) >= 11 is 1.74. The lowest BCUT2D eigenvalue weighted by molar-refractivity contribution is 0.432. The third-order valence-corrected chi connectivity index (χ3v) is 3.66. The number of nitrogens with two attached hydrogens (primary N) is 2. The summed E-state index contributed by atoms with van der Waals surface area (Å²) in [6.45, 7) is 4.92. The number of hydrogen-bond acceptors (Lipinski definition) is 3. The van der Waals surface area contributed by atoms with Crippen LogP contribution in [0.15, 0.2) is 11.4 Å². The van der Waals surface area contributed by atoms with Crippen LogP contribution in [-0.2, 0) is 0 Å². The van der Waals surface area contributed by atoms with E-state index in [-0.39, 0.29) is 6.04 Å². The van der Waals surface area contributed by atoms with Gasteiger partial charge in [0.1, 0.15) is 0 Å². The molecule has 13 heavy (non-hydrogen) atoms. The lowest BCUT2D eigenvalue weighted by Gasteiger charge is -2.20. The van der Waals surface area contributed by atoms with Gasteiger partial charge in [-0.3, -0.25) is 0 Å². The molecular weight excluding hydrogens is 180 g/mol. The van der Waals surface area contributed by atoms with Gasteiger partial charge in [-0.15, -0.1) is 11.3 Å². The number of thiophene rings is 1. The zero-order valence-corrected chi connectivity index (χ0v) is 9.10. The first-order valence-corrected chi connectivity index (χ1v) is 5.58. The van der Waals surface area contributed by atoms with Gasteiger partial charge in [0.2, 0.25) is 0 Å². The van der Waals surface area contributed by atoms with Gasteiger partial charge in [-0.2, -0.15) is 0 Å². The molecule has 0 bridgehead atoms. The average molecular weight is 198 g/mol. The fourth-order valence-corrected chi connectivity index (χ4v) is 2.53. The maximum Gasteiger partial charge on any atom is 0.0433 e. The van der Waals surface area contributed by atoms with Gasteiger partial charge >= 0.3 is 0 Å². The standard InChI is InChI=1S/C10H18N2S/c1-3-8(6-11)9(12)10-7(2)4-5-13-10/h4-5,8-9H,3,6,11-12H2,1-2H3. The molecule has 0 aliphatic heterocycles. The summed E-state index contributed by atoms with van der Waals surface area (Å²) in [5.74, 6) is 0.414. The summed E-state index contributed by atoms with van der Waals surface area (Å²) in [5.41, 5.74) is 13.1. The van der Waals surface area contributed by atoms with E-state index in [9.17, 15) is 0 Å². The quantitative estimate of drug-likeness (QED) is 0.778. The lowest BCUT2D eigenvalue weighted by atomic mass is 9.95. The zero-order chi connectivity index (χ0) is 9.84. The van der Waals surface area contributed by atoms with Crippen LogP contribution in [0.2, 0.25) is 0 Å². The van der Waals surface area contributed by atoms with Crippen molar-refractivity contribution in [3.05, 3.63) is 21.9 Å². The first-order chi connectivity index (χ1) is 6.20. The second kappa shape index (κ2) is 4.74. The van der Waals surface area contributed by atoms with E-state index in [2.05, 4.69) is 25.3 Å². The van der Waals surface area contributed by atoms with Gasteiger partial charge < -0.3 is 11.5 Å². The summed E-state index contributed by atoms with van der Waals surface area (Å²) in [7, 11) is 0. The zero-order valence-electron chi connectivity index (χ0n) is 8.29. The van der Waals surface area contributed by atoms with Gasteiger partial charge in [-0.1, -0.05) is 13.3 Å². The molecule has 0 radical (unpaired) electrons. The molecule has 2 atom stereocenters. The molecule has 0 saturated heterocycles. The molecule has 0 spiro atoms. The normalized spacial score (nSPS) is 15.7. The molecule has 0 aromatic carbocycles. The molecule has 2 nitrogen and oxygen atoms in total. The van der Waals surface area contributed by atoms with Crippen molar-refractivity contribution in [1.82, 2.24) is 0 Å². The highest BCUT2D eigenvalue weighted by molar-refractivity contribution is 7.10. The number of rotatable bonds is 4. The fourth-order valence-electron chi connectivity index (χ4n) is 1.51. The molecule has 0 saturated carbocycles. The summed E-state index contributed by atoms with van der Waals surface area (Å²) in [5, 5.41) is 2.09. The molecule has 0 fully saturated rings.